The number of pyridine rings is 1. The molecule has 5 nitrogen and oxygen atoms in total. The molecule has 2 heterocycles. The van der Waals surface area contributed by atoms with Crippen molar-refractivity contribution in [1.29, 1.82) is 0 Å². The summed E-state index contributed by atoms with van der Waals surface area (Å²) >= 11 is 5.93. The van der Waals surface area contributed by atoms with Crippen LogP contribution in [0.3, 0.4) is 0 Å². The second-order valence-electron chi connectivity index (χ2n) is 3.84. The van der Waals surface area contributed by atoms with Crippen LogP contribution in [0.2, 0.25) is 5.15 Å². The van der Waals surface area contributed by atoms with Gasteiger partial charge >= 0.3 is 0 Å². The SMILES string of the molecule is CN(Cc1cccnc1)c1ncnc(Cl)c1CO. The molecular formula is C12H13ClN4O. The Morgan fingerprint density at radius 3 is 2.89 bits per heavy atom. The lowest BCUT2D eigenvalue weighted by atomic mass is 10.2. The summed E-state index contributed by atoms with van der Waals surface area (Å²) in [5.41, 5.74) is 1.59. The second kappa shape index (κ2) is 5.75. The highest BCUT2D eigenvalue weighted by Crippen LogP contribution is 2.23. The van der Waals surface area contributed by atoms with Gasteiger partial charge in [-0.3, -0.25) is 4.98 Å². The maximum Gasteiger partial charge on any atom is 0.140 e. The molecule has 0 aliphatic carbocycles. The van der Waals surface area contributed by atoms with E-state index >= 15 is 0 Å². The predicted octanol–water partition coefficient (Wildman–Crippen LogP) is 1.65. The third-order valence-corrected chi connectivity index (χ3v) is 2.86. The Labute approximate surface area is 110 Å². The van der Waals surface area contributed by atoms with E-state index in [-0.39, 0.29) is 11.8 Å². The second-order valence-corrected chi connectivity index (χ2v) is 4.20. The molecule has 0 amide bonds. The molecule has 0 bridgehead atoms. The summed E-state index contributed by atoms with van der Waals surface area (Å²) in [5, 5.41) is 9.59. The van der Waals surface area contributed by atoms with E-state index in [2.05, 4.69) is 15.0 Å². The molecule has 2 rings (SSSR count). The fourth-order valence-electron chi connectivity index (χ4n) is 1.69. The minimum Gasteiger partial charge on any atom is -0.391 e. The number of halogens is 1. The average Bonchev–Trinajstić information content (AvgIpc) is 2.39. The monoisotopic (exact) mass is 264 g/mol. The number of hydrogen-bond acceptors (Lipinski definition) is 5. The molecule has 0 saturated heterocycles. The average molecular weight is 265 g/mol. The molecule has 0 saturated carbocycles. The number of aliphatic hydroxyl groups excluding tert-OH is 1. The number of aliphatic hydroxyl groups is 1. The van der Waals surface area contributed by atoms with Crippen molar-refractivity contribution in [3.8, 4) is 0 Å². The molecule has 0 aliphatic rings. The summed E-state index contributed by atoms with van der Waals surface area (Å²) in [4.78, 5) is 14.0. The fraction of sp³-hybridized carbons (Fsp3) is 0.250. The van der Waals surface area contributed by atoms with Gasteiger partial charge in [0, 0.05) is 26.0 Å². The lowest BCUT2D eigenvalue weighted by Gasteiger charge is -2.20. The van der Waals surface area contributed by atoms with Crippen LogP contribution in [-0.2, 0) is 13.2 Å². The number of hydrogen-bond donors (Lipinski definition) is 1. The van der Waals surface area contributed by atoms with Gasteiger partial charge in [0.1, 0.15) is 17.3 Å². The Kier molecular flexibility index (Phi) is 4.07. The maximum atomic E-state index is 9.31. The Bertz CT molecular complexity index is 521. The van der Waals surface area contributed by atoms with Crippen LogP contribution in [0, 0.1) is 0 Å². The number of anilines is 1. The molecule has 0 spiro atoms. The summed E-state index contributed by atoms with van der Waals surface area (Å²) in [6, 6.07) is 3.86. The highest BCUT2D eigenvalue weighted by molar-refractivity contribution is 6.30. The van der Waals surface area contributed by atoms with E-state index in [0.29, 0.717) is 17.9 Å². The van der Waals surface area contributed by atoms with Gasteiger partial charge in [0.05, 0.1) is 12.2 Å². The molecule has 0 radical (unpaired) electrons. The van der Waals surface area contributed by atoms with Gasteiger partial charge in [-0.2, -0.15) is 0 Å². The molecule has 18 heavy (non-hydrogen) atoms. The minimum absolute atomic E-state index is 0.188. The largest absolute Gasteiger partial charge is 0.391 e. The van der Waals surface area contributed by atoms with Crippen LogP contribution >= 0.6 is 11.6 Å². The summed E-state index contributed by atoms with van der Waals surface area (Å²) in [6.07, 6.45) is 4.90. The van der Waals surface area contributed by atoms with Crippen LogP contribution in [0.5, 0.6) is 0 Å². The number of nitrogens with zero attached hydrogens (tertiary/aromatic N) is 4. The fourth-order valence-corrected chi connectivity index (χ4v) is 1.88. The van der Waals surface area contributed by atoms with Gasteiger partial charge < -0.3 is 10.0 Å². The standard InChI is InChI=1S/C12H13ClN4O/c1-17(6-9-3-2-4-14-5-9)12-10(7-18)11(13)15-8-16-12/h2-5,8,18H,6-7H2,1H3. The van der Waals surface area contributed by atoms with Crippen LogP contribution in [0.4, 0.5) is 5.82 Å². The van der Waals surface area contributed by atoms with Crippen LogP contribution in [-0.4, -0.2) is 27.1 Å². The van der Waals surface area contributed by atoms with E-state index in [9.17, 15) is 5.11 Å². The normalized spacial score (nSPS) is 10.4. The quantitative estimate of drug-likeness (QED) is 0.851. The van der Waals surface area contributed by atoms with Gasteiger partial charge in [-0.25, -0.2) is 9.97 Å². The summed E-state index contributed by atoms with van der Waals surface area (Å²) in [7, 11) is 1.88. The highest BCUT2D eigenvalue weighted by Gasteiger charge is 2.13. The van der Waals surface area contributed by atoms with Crippen molar-refractivity contribution in [3.05, 3.63) is 47.1 Å². The zero-order valence-corrected chi connectivity index (χ0v) is 10.7. The zero-order chi connectivity index (χ0) is 13.0. The van der Waals surface area contributed by atoms with Crippen molar-refractivity contribution < 1.29 is 5.11 Å². The van der Waals surface area contributed by atoms with Crippen molar-refractivity contribution >= 4 is 17.4 Å². The molecule has 0 aromatic carbocycles. The molecule has 2 aromatic rings. The smallest absolute Gasteiger partial charge is 0.140 e. The molecule has 94 valence electrons. The minimum atomic E-state index is -0.188. The van der Waals surface area contributed by atoms with Gasteiger partial charge in [0.15, 0.2) is 0 Å². The zero-order valence-electron chi connectivity index (χ0n) is 9.91. The van der Waals surface area contributed by atoms with Gasteiger partial charge in [-0.05, 0) is 11.6 Å². The van der Waals surface area contributed by atoms with Crippen molar-refractivity contribution in [2.75, 3.05) is 11.9 Å². The Hall–Kier alpha value is -1.72. The van der Waals surface area contributed by atoms with Gasteiger partial charge in [0.2, 0.25) is 0 Å². The van der Waals surface area contributed by atoms with E-state index in [1.54, 1.807) is 12.4 Å². The van der Waals surface area contributed by atoms with E-state index in [1.807, 2.05) is 24.1 Å². The summed E-state index contributed by atoms with van der Waals surface area (Å²) in [5.74, 6) is 0.626. The number of aromatic nitrogens is 3. The van der Waals surface area contributed by atoms with Gasteiger partial charge in [-0.15, -0.1) is 0 Å². The van der Waals surface area contributed by atoms with Crippen LogP contribution in [0.25, 0.3) is 0 Å². The predicted molar refractivity (Wildman–Crippen MR) is 69.3 cm³/mol. The van der Waals surface area contributed by atoms with Crippen LogP contribution < -0.4 is 4.90 Å². The van der Waals surface area contributed by atoms with Crippen LogP contribution in [0.1, 0.15) is 11.1 Å². The van der Waals surface area contributed by atoms with Crippen molar-refractivity contribution in [2.45, 2.75) is 13.2 Å². The number of rotatable bonds is 4. The van der Waals surface area contributed by atoms with Crippen LogP contribution in [0.15, 0.2) is 30.9 Å². The first kappa shape index (κ1) is 12.7. The lowest BCUT2D eigenvalue weighted by Crippen LogP contribution is -2.20. The molecule has 2 aromatic heterocycles. The first-order valence-corrected chi connectivity index (χ1v) is 5.80. The molecule has 0 atom stereocenters. The Balaban J connectivity index is 2.24. The van der Waals surface area contributed by atoms with Gasteiger partial charge in [-0.1, -0.05) is 17.7 Å². The molecule has 6 heteroatoms. The van der Waals surface area contributed by atoms with Crippen molar-refractivity contribution in [3.63, 3.8) is 0 Å². The van der Waals surface area contributed by atoms with E-state index in [1.165, 1.54) is 6.33 Å². The summed E-state index contributed by atoms with van der Waals surface area (Å²) in [6.45, 7) is 0.445. The Morgan fingerprint density at radius 1 is 1.39 bits per heavy atom. The molecule has 1 N–H and O–H groups in total. The molecule has 0 unspecified atom stereocenters. The first-order valence-electron chi connectivity index (χ1n) is 5.42. The third-order valence-electron chi connectivity index (χ3n) is 2.53. The van der Waals surface area contributed by atoms with Gasteiger partial charge in [0.25, 0.3) is 0 Å². The molecular weight excluding hydrogens is 252 g/mol. The molecule has 0 fully saturated rings. The molecule has 0 aliphatic heterocycles. The van der Waals surface area contributed by atoms with E-state index in [0.717, 1.165) is 5.56 Å². The summed E-state index contributed by atoms with van der Waals surface area (Å²) < 4.78 is 0. The van der Waals surface area contributed by atoms with Crippen molar-refractivity contribution in [2.24, 2.45) is 0 Å². The van der Waals surface area contributed by atoms with Crippen molar-refractivity contribution in [1.82, 2.24) is 15.0 Å². The highest BCUT2D eigenvalue weighted by atomic mass is 35.5. The topological polar surface area (TPSA) is 62.1 Å². The lowest BCUT2D eigenvalue weighted by molar-refractivity contribution is 0.281. The van der Waals surface area contributed by atoms with E-state index < -0.39 is 0 Å². The third kappa shape index (κ3) is 2.75. The van der Waals surface area contributed by atoms with E-state index in [4.69, 9.17) is 11.6 Å². The first-order chi connectivity index (χ1) is 8.72. The Morgan fingerprint density at radius 2 is 2.22 bits per heavy atom. The maximum absolute atomic E-state index is 9.31.